The molecule has 110 valence electrons. The number of carbonyl (C=O) groups is 1. The molecule has 2 aromatic carbocycles. The predicted octanol–water partition coefficient (Wildman–Crippen LogP) is 2.82. The van der Waals surface area contributed by atoms with Gasteiger partial charge >= 0.3 is 5.97 Å². The van der Waals surface area contributed by atoms with Gasteiger partial charge in [0.1, 0.15) is 5.75 Å². The Morgan fingerprint density at radius 1 is 0.952 bits per heavy atom. The van der Waals surface area contributed by atoms with Crippen LogP contribution in [0, 0.1) is 0 Å². The van der Waals surface area contributed by atoms with Crippen molar-refractivity contribution in [2.45, 2.75) is 12.8 Å². The lowest BCUT2D eigenvalue weighted by atomic mass is 10.2. The second-order valence-electron chi connectivity index (χ2n) is 4.59. The van der Waals surface area contributed by atoms with Gasteiger partial charge in [-0.1, -0.05) is 42.5 Å². The Bertz CT molecular complexity index is 569. The van der Waals surface area contributed by atoms with Crippen molar-refractivity contribution in [1.29, 1.82) is 0 Å². The number of para-hydroxylation sites is 2. The maximum absolute atomic E-state index is 11.6. The zero-order chi connectivity index (χ0) is 14.9. The third kappa shape index (κ3) is 5.18. The highest BCUT2D eigenvalue weighted by Gasteiger charge is 2.05. The van der Waals surface area contributed by atoms with Gasteiger partial charge in [0.05, 0.1) is 25.3 Å². The molecule has 0 amide bonds. The fourth-order valence-corrected chi connectivity index (χ4v) is 1.86. The Morgan fingerprint density at radius 3 is 2.43 bits per heavy atom. The van der Waals surface area contributed by atoms with E-state index in [0.29, 0.717) is 18.0 Å². The third-order valence-corrected chi connectivity index (χ3v) is 2.98. The molecule has 2 aromatic rings. The van der Waals surface area contributed by atoms with Crippen LogP contribution in [0.4, 0.5) is 5.69 Å². The molecular weight excluding hydrogens is 266 g/mol. The second-order valence-corrected chi connectivity index (χ2v) is 4.59. The summed E-state index contributed by atoms with van der Waals surface area (Å²) in [6, 6.07) is 17.1. The van der Waals surface area contributed by atoms with Crippen molar-refractivity contribution >= 4 is 11.7 Å². The zero-order valence-corrected chi connectivity index (χ0v) is 11.8. The van der Waals surface area contributed by atoms with Gasteiger partial charge < -0.3 is 15.2 Å². The van der Waals surface area contributed by atoms with Crippen LogP contribution in [0.1, 0.15) is 12.0 Å². The third-order valence-electron chi connectivity index (χ3n) is 2.98. The summed E-state index contributed by atoms with van der Waals surface area (Å²) in [6.07, 6.45) is 0.933. The molecule has 0 aliphatic rings. The predicted molar refractivity (Wildman–Crippen MR) is 82.1 cm³/mol. The van der Waals surface area contributed by atoms with E-state index >= 15 is 0 Å². The Balaban J connectivity index is 1.63. The first-order valence-electron chi connectivity index (χ1n) is 6.92. The van der Waals surface area contributed by atoms with Gasteiger partial charge in [-0.25, -0.2) is 0 Å². The molecule has 0 atom stereocenters. The highest BCUT2D eigenvalue weighted by Crippen LogP contribution is 2.19. The highest BCUT2D eigenvalue weighted by molar-refractivity contribution is 5.69. The van der Waals surface area contributed by atoms with Crippen molar-refractivity contribution in [3.63, 3.8) is 0 Å². The fraction of sp³-hybridized carbons (Fsp3) is 0.235. The van der Waals surface area contributed by atoms with Gasteiger partial charge in [0, 0.05) is 6.42 Å². The minimum atomic E-state index is -0.263. The van der Waals surface area contributed by atoms with Crippen molar-refractivity contribution in [2.24, 2.45) is 0 Å². The monoisotopic (exact) mass is 285 g/mol. The number of esters is 1. The molecule has 4 heteroatoms. The number of rotatable bonds is 7. The van der Waals surface area contributed by atoms with Crippen LogP contribution in [-0.2, 0) is 16.0 Å². The smallest absolute Gasteiger partial charge is 0.309 e. The first-order valence-corrected chi connectivity index (χ1v) is 6.92. The molecule has 0 fully saturated rings. The molecule has 0 aromatic heterocycles. The molecule has 0 radical (unpaired) electrons. The summed E-state index contributed by atoms with van der Waals surface area (Å²) in [4.78, 5) is 11.6. The van der Waals surface area contributed by atoms with Crippen LogP contribution in [0.5, 0.6) is 5.75 Å². The zero-order valence-electron chi connectivity index (χ0n) is 11.8. The number of nitrogens with two attached hydrogens (primary N) is 1. The van der Waals surface area contributed by atoms with Gasteiger partial charge in [0.2, 0.25) is 0 Å². The van der Waals surface area contributed by atoms with E-state index < -0.39 is 0 Å². The molecule has 0 bridgehead atoms. The normalized spacial score (nSPS) is 10.1. The summed E-state index contributed by atoms with van der Waals surface area (Å²) in [5.74, 6) is 0.329. The van der Waals surface area contributed by atoms with Crippen LogP contribution < -0.4 is 10.5 Å². The molecule has 0 saturated carbocycles. The average Bonchev–Trinajstić information content (AvgIpc) is 2.50. The molecule has 2 rings (SSSR count). The summed E-state index contributed by atoms with van der Waals surface area (Å²) >= 11 is 0. The van der Waals surface area contributed by atoms with Crippen molar-refractivity contribution in [2.75, 3.05) is 18.9 Å². The highest BCUT2D eigenvalue weighted by atomic mass is 16.5. The summed E-state index contributed by atoms with van der Waals surface area (Å²) in [6.45, 7) is 0.648. The second kappa shape index (κ2) is 7.94. The van der Waals surface area contributed by atoms with Crippen LogP contribution in [0.3, 0.4) is 0 Å². The first-order chi connectivity index (χ1) is 10.3. The lowest BCUT2D eigenvalue weighted by Gasteiger charge is -2.08. The van der Waals surface area contributed by atoms with Gasteiger partial charge in [-0.2, -0.15) is 0 Å². The fourth-order valence-electron chi connectivity index (χ4n) is 1.86. The number of ether oxygens (including phenoxy) is 2. The lowest BCUT2D eigenvalue weighted by Crippen LogP contribution is -2.12. The summed E-state index contributed by atoms with van der Waals surface area (Å²) in [5, 5.41) is 0. The largest absolute Gasteiger partial charge is 0.491 e. The Morgan fingerprint density at radius 2 is 1.67 bits per heavy atom. The molecule has 0 unspecified atom stereocenters. The van der Waals surface area contributed by atoms with Crippen LogP contribution in [0.15, 0.2) is 54.6 Å². The standard InChI is InChI=1S/C17H19NO3/c18-15-8-4-5-9-16(15)20-13-11-17(19)21-12-10-14-6-2-1-3-7-14/h1-9H,10-13,18H2. The van der Waals surface area contributed by atoms with Gasteiger partial charge in [0.25, 0.3) is 0 Å². The van der Waals surface area contributed by atoms with Gasteiger partial charge in [-0.15, -0.1) is 0 Å². The number of benzene rings is 2. The average molecular weight is 285 g/mol. The van der Waals surface area contributed by atoms with Crippen LogP contribution in [-0.4, -0.2) is 19.2 Å². The van der Waals surface area contributed by atoms with Crippen molar-refractivity contribution < 1.29 is 14.3 Å². The summed E-state index contributed by atoms with van der Waals surface area (Å²) < 4.78 is 10.6. The topological polar surface area (TPSA) is 61.5 Å². The molecule has 0 aliphatic heterocycles. The van der Waals surface area contributed by atoms with E-state index in [4.69, 9.17) is 15.2 Å². The van der Waals surface area contributed by atoms with E-state index in [1.54, 1.807) is 12.1 Å². The van der Waals surface area contributed by atoms with Crippen LogP contribution >= 0.6 is 0 Å². The number of hydrogen-bond donors (Lipinski definition) is 1. The maximum atomic E-state index is 11.6. The van der Waals surface area contributed by atoms with Crippen LogP contribution in [0.25, 0.3) is 0 Å². The van der Waals surface area contributed by atoms with Gasteiger partial charge in [-0.3, -0.25) is 4.79 Å². The molecule has 21 heavy (non-hydrogen) atoms. The first kappa shape index (κ1) is 14.9. The number of anilines is 1. The minimum Gasteiger partial charge on any atom is -0.491 e. The summed E-state index contributed by atoms with van der Waals surface area (Å²) in [7, 11) is 0. The van der Waals surface area contributed by atoms with Crippen molar-refractivity contribution in [3.05, 3.63) is 60.2 Å². The Hall–Kier alpha value is -2.49. The van der Waals surface area contributed by atoms with E-state index in [-0.39, 0.29) is 19.0 Å². The molecule has 0 aliphatic carbocycles. The Labute approximate surface area is 124 Å². The number of nitrogen functional groups attached to an aromatic ring is 1. The lowest BCUT2D eigenvalue weighted by molar-refractivity contribution is -0.144. The summed E-state index contributed by atoms with van der Waals surface area (Å²) in [5.41, 5.74) is 7.46. The molecule has 0 heterocycles. The maximum Gasteiger partial charge on any atom is 0.309 e. The minimum absolute atomic E-state index is 0.211. The van der Waals surface area contributed by atoms with Gasteiger partial charge in [0.15, 0.2) is 0 Å². The Kier molecular flexibility index (Phi) is 5.64. The quantitative estimate of drug-likeness (QED) is 0.627. The SMILES string of the molecule is Nc1ccccc1OCCC(=O)OCCc1ccccc1. The number of hydrogen-bond acceptors (Lipinski definition) is 4. The van der Waals surface area contributed by atoms with E-state index in [1.807, 2.05) is 42.5 Å². The number of carbonyl (C=O) groups excluding carboxylic acids is 1. The molecular formula is C17H19NO3. The van der Waals surface area contributed by atoms with E-state index in [1.165, 1.54) is 0 Å². The van der Waals surface area contributed by atoms with Crippen molar-refractivity contribution in [3.8, 4) is 5.75 Å². The molecule has 0 spiro atoms. The molecule has 0 saturated heterocycles. The molecule has 4 nitrogen and oxygen atoms in total. The van der Waals surface area contributed by atoms with Crippen molar-refractivity contribution in [1.82, 2.24) is 0 Å². The van der Waals surface area contributed by atoms with Crippen LogP contribution in [0.2, 0.25) is 0 Å². The van der Waals surface area contributed by atoms with E-state index in [0.717, 1.165) is 12.0 Å². The molecule has 2 N–H and O–H groups in total. The van der Waals surface area contributed by atoms with E-state index in [2.05, 4.69) is 0 Å². The van der Waals surface area contributed by atoms with Gasteiger partial charge in [-0.05, 0) is 17.7 Å². The van der Waals surface area contributed by atoms with E-state index in [9.17, 15) is 4.79 Å².